The van der Waals surface area contributed by atoms with E-state index in [1.54, 1.807) is 18.2 Å². The Morgan fingerprint density at radius 3 is 2.41 bits per heavy atom. The second kappa shape index (κ2) is 4.60. The Balaban J connectivity index is 2.65. The minimum atomic E-state index is -3.56. The molecule has 0 bridgehead atoms. The van der Waals surface area contributed by atoms with Gasteiger partial charge in [0.05, 0.1) is 11.4 Å². The van der Waals surface area contributed by atoms with E-state index >= 15 is 0 Å². The van der Waals surface area contributed by atoms with Crippen LogP contribution < -0.4 is 5.56 Å². The largest absolute Gasteiger partial charge is 0.316 e. The second-order valence-electron chi connectivity index (χ2n) is 5.17. The molecule has 3 aromatic rings. The summed E-state index contributed by atoms with van der Waals surface area (Å²) in [6, 6.07) is 0. The number of aromatic nitrogens is 5. The molecule has 3 aromatic heterocycles. The maximum absolute atomic E-state index is 12.3. The van der Waals surface area contributed by atoms with Crippen molar-refractivity contribution in [2.24, 2.45) is 0 Å². The summed E-state index contributed by atoms with van der Waals surface area (Å²) in [5.74, 6) is 0.654. The first-order valence-corrected chi connectivity index (χ1v) is 8.61. The molecule has 0 fully saturated rings. The Bertz CT molecular complexity index is 1080. The van der Waals surface area contributed by atoms with Crippen LogP contribution in [0.5, 0.6) is 0 Å². The summed E-state index contributed by atoms with van der Waals surface area (Å²) >= 11 is 0. The molecule has 0 saturated carbocycles. The summed E-state index contributed by atoms with van der Waals surface area (Å²) in [7, 11) is -3.56. The molecule has 0 aliphatic rings. The predicted molar refractivity (Wildman–Crippen MR) is 80.9 cm³/mol. The first-order valence-electron chi connectivity index (χ1n) is 6.72. The highest BCUT2D eigenvalue weighted by atomic mass is 32.2. The number of aryl methyl sites for hydroxylation is 3. The van der Waals surface area contributed by atoms with Gasteiger partial charge >= 0.3 is 0 Å². The van der Waals surface area contributed by atoms with Crippen molar-refractivity contribution in [3.05, 3.63) is 27.6 Å². The molecule has 0 amide bonds. The van der Waals surface area contributed by atoms with Crippen LogP contribution in [0.25, 0.3) is 16.7 Å². The second-order valence-corrected chi connectivity index (χ2v) is 7.08. The first-order chi connectivity index (χ1) is 10.2. The molecule has 0 atom stereocenters. The highest BCUT2D eigenvalue weighted by Gasteiger charge is 2.20. The van der Waals surface area contributed by atoms with Crippen LogP contribution in [0.4, 0.5) is 0 Å². The fourth-order valence-corrected chi connectivity index (χ4v) is 3.05. The number of sulfone groups is 1. The lowest BCUT2D eigenvalue weighted by Gasteiger charge is -2.07. The van der Waals surface area contributed by atoms with Crippen molar-refractivity contribution in [3.63, 3.8) is 0 Å². The summed E-state index contributed by atoms with van der Waals surface area (Å²) in [5, 5.41) is -0.265. The van der Waals surface area contributed by atoms with Gasteiger partial charge in [-0.25, -0.2) is 18.4 Å². The molecule has 116 valence electrons. The number of rotatable bonds is 2. The molecule has 0 aromatic carbocycles. The third-order valence-corrected chi connectivity index (χ3v) is 4.33. The van der Waals surface area contributed by atoms with Gasteiger partial charge in [-0.05, 0) is 13.8 Å². The van der Waals surface area contributed by atoms with Crippen molar-refractivity contribution in [2.75, 3.05) is 6.26 Å². The summed E-state index contributed by atoms with van der Waals surface area (Å²) in [6.07, 6.45) is 1.64. The topological polar surface area (TPSA) is 110 Å². The molecular formula is C13H15N5O3S. The van der Waals surface area contributed by atoms with E-state index in [0.717, 1.165) is 6.26 Å². The van der Waals surface area contributed by atoms with Gasteiger partial charge in [0, 0.05) is 12.7 Å². The molecule has 1 N–H and O–H groups in total. The van der Waals surface area contributed by atoms with Crippen LogP contribution >= 0.6 is 0 Å². The zero-order valence-corrected chi connectivity index (χ0v) is 13.4. The number of H-pyrrole nitrogens is 1. The van der Waals surface area contributed by atoms with E-state index in [1.807, 2.05) is 6.92 Å². The normalized spacial score (nSPS) is 12.4. The number of hydrogen-bond donors (Lipinski definition) is 1. The molecule has 0 spiro atoms. The Morgan fingerprint density at radius 2 is 1.82 bits per heavy atom. The monoisotopic (exact) mass is 321 g/mol. The van der Waals surface area contributed by atoms with Crippen molar-refractivity contribution in [3.8, 4) is 0 Å². The van der Waals surface area contributed by atoms with E-state index in [0.29, 0.717) is 40.3 Å². The van der Waals surface area contributed by atoms with Crippen molar-refractivity contribution >= 4 is 26.5 Å². The van der Waals surface area contributed by atoms with Crippen molar-refractivity contribution in [1.29, 1.82) is 0 Å². The molecule has 22 heavy (non-hydrogen) atoms. The highest BCUT2D eigenvalue weighted by Crippen LogP contribution is 2.19. The number of nitrogens with one attached hydrogen (secondary N) is 1. The van der Waals surface area contributed by atoms with Gasteiger partial charge in [0.15, 0.2) is 5.65 Å². The van der Waals surface area contributed by atoms with Gasteiger partial charge < -0.3 is 4.98 Å². The third kappa shape index (κ3) is 2.00. The quantitative estimate of drug-likeness (QED) is 0.690. The van der Waals surface area contributed by atoms with Gasteiger partial charge in [-0.2, -0.15) is 4.98 Å². The molecule has 0 aliphatic heterocycles. The number of fused-ring (bicyclic) bond motifs is 3. The number of hydrogen-bond acceptors (Lipinski definition) is 6. The van der Waals surface area contributed by atoms with Crippen LogP contribution in [-0.2, 0) is 16.3 Å². The molecular weight excluding hydrogens is 306 g/mol. The Morgan fingerprint density at radius 1 is 1.14 bits per heavy atom. The molecule has 8 nitrogen and oxygen atoms in total. The van der Waals surface area contributed by atoms with E-state index in [2.05, 4.69) is 19.9 Å². The van der Waals surface area contributed by atoms with E-state index < -0.39 is 9.84 Å². The molecule has 0 saturated heterocycles. The van der Waals surface area contributed by atoms with Crippen molar-refractivity contribution in [2.45, 2.75) is 32.3 Å². The lowest BCUT2D eigenvalue weighted by Crippen LogP contribution is -2.16. The average Bonchev–Trinajstić information content (AvgIpc) is 2.77. The van der Waals surface area contributed by atoms with Gasteiger partial charge in [0.1, 0.15) is 16.9 Å². The third-order valence-electron chi connectivity index (χ3n) is 3.48. The van der Waals surface area contributed by atoms with Crippen LogP contribution in [0.1, 0.15) is 24.1 Å². The zero-order valence-electron chi connectivity index (χ0n) is 12.6. The Kier molecular flexibility index (Phi) is 3.06. The zero-order chi connectivity index (χ0) is 16.2. The summed E-state index contributed by atoms with van der Waals surface area (Å²) in [5.41, 5.74) is 1.82. The van der Waals surface area contributed by atoms with E-state index in [9.17, 15) is 13.2 Å². The molecule has 0 radical (unpaired) electrons. The molecule has 0 unspecified atom stereocenters. The maximum atomic E-state index is 12.3. The van der Waals surface area contributed by atoms with Crippen LogP contribution in [0.3, 0.4) is 0 Å². The highest BCUT2D eigenvalue weighted by molar-refractivity contribution is 7.90. The summed E-state index contributed by atoms with van der Waals surface area (Å²) < 4.78 is 25.2. The lowest BCUT2D eigenvalue weighted by molar-refractivity contribution is 0.593. The fourth-order valence-electron chi connectivity index (χ4n) is 2.50. The minimum absolute atomic E-state index is 0.265. The standard InChI is InChI=1S/C13H15N5O3S/c1-5-8-14-7(3)10-12(19)16-9-6(2)15-13(22(4,20)21)17-11(9)18(8)10/h5H2,1-4H3,(H,16,19). The summed E-state index contributed by atoms with van der Waals surface area (Å²) in [4.78, 5) is 27.5. The number of aromatic amines is 1. The minimum Gasteiger partial charge on any atom is -0.316 e. The molecule has 3 heterocycles. The van der Waals surface area contributed by atoms with E-state index in [-0.39, 0.29) is 10.7 Å². The average molecular weight is 321 g/mol. The SMILES string of the molecule is CCc1nc(C)c2c(=O)[nH]c3c(C)nc(S(C)(=O)=O)nc3n12. The fraction of sp³-hybridized carbons (Fsp3) is 0.385. The lowest BCUT2D eigenvalue weighted by atomic mass is 10.3. The predicted octanol–water partition coefficient (Wildman–Crippen LogP) is 0.549. The molecule has 3 rings (SSSR count). The van der Waals surface area contributed by atoms with Gasteiger partial charge in [-0.3, -0.25) is 9.20 Å². The summed E-state index contributed by atoms with van der Waals surface area (Å²) in [6.45, 7) is 5.28. The van der Waals surface area contributed by atoms with Crippen molar-refractivity contribution in [1.82, 2.24) is 24.3 Å². The maximum Gasteiger partial charge on any atom is 0.274 e. The van der Waals surface area contributed by atoms with Gasteiger partial charge in [-0.15, -0.1) is 0 Å². The van der Waals surface area contributed by atoms with Gasteiger partial charge in [0.25, 0.3) is 5.56 Å². The Hall–Kier alpha value is -2.29. The van der Waals surface area contributed by atoms with Crippen molar-refractivity contribution < 1.29 is 8.42 Å². The van der Waals surface area contributed by atoms with E-state index in [4.69, 9.17) is 0 Å². The van der Waals surface area contributed by atoms with Gasteiger partial charge in [0.2, 0.25) is 15.0 Å². The first kappa shape index (κ1) is 14.6. The number of imidazole rings is 1. The van der Waals surface area contributed by atoms with Crippen LogP contribution in [0.15, 0.2) is 9.95 Å². The number of nitrogens with zero attached hydrogens (tertiary/aromatic N) is 4. The van der Waals surface area contributed by atoms with E-state index in [1.165, 1.54) is 0 Å². The molecule has 9 heteroatoms. The van der Waals surface area contributed by atoms with Crippen LogP contribution in [-0.4, -0.2) is 39.0 Å². The van der Waals surface area contributed by atoms with Gasteiger partial charge in [-0.1, -0.05) is 6.92 Å². The Labute approximate surface area is 126 Å². The molecule has 0 aliphatic carbocycles. The smallest absolute Gasteiger partial charge is 0.274 e. The van der Waals surface area contributed by atoms with Crippen LogP contribution in [0.2, 0.25) is 0 Å². The van der Waals surface area contributed by atoms with Crippen LogP contribution in [0, 0.1) is 13.8 Å².